The summed E-state index contributed by atoms with van der Waals surface area (Å²) in [6.07, 6.45) is 0. The van der Waals surface area contributed by atoms with Gasteiger partial charge in [0.25, 0.3) is 5.91 Å². The van der Waals surface area contributed by atoms with Crippen LogP contribution in [-0.4, -0.2) is 10.5 Å². The average Bonchev–Trinajstić information content (AvgIpc) is 3.07. The first-order valence-corrected chi connectivity index (χ1v) is 10.4. The zero-order valence-electron chi connectivity index (χ0n) is 16.1. The third-order valence-electron chi connectivity index (χ3n) is 4.73. The summed E-state index contributed by atoms with van der Waals surface area (Å²) in [5.74, 6) is -0.303. The molecular formula is C24H19ClN2OS. The van der Waals surface area contributed by atoms with Crippen molar-refractivity contribution in [2.24, 2.45) is 12.0 Å². The molecule has 29 heavy (non-hydrogen) atoms. The van der Waals surface area contributed by atoms with E-state index in [1.165, 1.54) is 11.3 Å². The molecule has 4 aromatic rings. The topological polar surface area (TPSA) is 34.4 Å². The fourth-order valence-electron chi connectivity index (χ4n) is 3.14. The second kappa shape index (κ2) is 8.19. The first-order valence-electron chi connectivity index (χ1n) is 9.20. The van der Waals surface area contributed by atoms with Crippen LogP contribution in [0.4, 0.5) is 0 Å². The quantitative estimate of drug-likeness (QED) is 0.394. The van der Waals surface area contributed by atoms with E-state index >= 15 is 0 Å². The Morgan fingerprint density at radius 3 is 2.17 bits per heavy atom. The predicted octanol–water partition coefficient (Wildman–Crippen LogP) is 6.12. The van der Waals surface area contributed by atoms with Gasteiger partial charge in [-0.2, -0.15) is 4.99 Å². The molecule has 0 bridgehead atoms. The molecule has 5 heteroatoms. The molecule has 0 saturated heterocycles. The number of thiazole rings is 1. The van der Waals surface area contributed by atoms with E-state index in [2.05, 4.69) is 29.3 Å². The third kappa shape index (κ3) is 3.95. The predicted molar refractivity (Wildman–Crippen MR) is 120 cm³/mol. The molecule has 0 aliphatic rings. The smallest absolute Gasteiger partial charge is 0.279 e. The van der Waals surface area contributed by atoms with Crippen molar-refractivity contribution in [2.75, 3.05) is 0 Å². The Hall–Kier alpha value is -2.95. The van der Waals surface area contributed by atoms with E-state index in [0.29, 0.717) is 15.4 Å². The number of carbonyl (C=O) groups is 1. The lowest BCUT2D eigenvalue weighted by molar-refractivity contribution is 0.0998. The van der Waals surface area contributed by atoms with Crippen molar-refractivity contribution in [3.8, 4) is 21.7 Å². The van der Waals surface area contributed by atoms with E-state index in [0.717, 1.165) is 27.3 Å². The zero-order chi connectivity index (χ0) is 20.4. The molecule has 0 unspecified atom stereocenters. The summed E-state index contributed by atoms with van der Waals surface area (Å²) in [6, 6.07) is 25.6. The highest BCUT2D eigenvalue weighted by atomic mass is 35.5. The van der Waals surface area contributed by atoms with Crippen LogP contribution in [0.5, 0.6) is 0 Å². The number of amides is 1. The van der Waals surface area contributed by atoms with Crippen LogP contribution in [0.2, 0.25) is 5.02 Å². The minimum Gasteiger partial charge on any atom is -0.319 e. The van der Waals surface area contributed by atoms with Gasteiger partial charge in [-0.3, -0.25) is 4.79 Å². The zero-order valence-corrected chi connectivity index (χ0v) is 17.7. The Kier molecular flexibility index (Phi) is 5.47. The van der Waals surface area contributed by atoms with E-state index in [-0.39, 0.29) is 5.91 Å². The lowest BCUT2D eigenvalue weighted by atomic mass is 10.1. The van der Waals surface area contributed by atoms with E-state index in [1.54, 1.807) is 12.1 Å². The van der Waals surface area contributed by atoms with Gasteiger partial charge in [-0.05, 0) is 35.7 Å². The molecule has 1 aromatic heterocycles. The van der Waals surface area contributed by atoms with Gasteiger partial charge in [0, 0.05) is 17.6 Å². The van der Waals surface area contributed by atoms with Crippen LogP contribution >= 0.6 is 22.9 Å². The third-order valence-corrected chi connectivity index (χ3v) is 6.32. The van der Waals surface area contributed by atoms with Crippen LogP contribution in [0.15, 0.2) is 83.9 Å². The van der Waals surface area contributed by atoms with Gasteiger partial charge in [0.15, 0.2) is 4.80 Å². The molecule has 0 aliphatic carbocycles. The van der Waals surface area contributed by atoms with Gasteiger partial charge in [0.05, 0.1) is 10.6 Å². The first-order chi connectivity index (χ1) is 14.0. The van der Waals surface area contributed by atoms with Crippen LogP contribution < -0.4 is 4.80 Å². The fourth-order valence-corrected chi connectivity index (χ4v) is 4.46. The molecule has 0 aliphatic heterocycles. The molecule has 3 aromatic carbocycles. The lowest BCUT2D eigenvalue weighted by Gasteiger charge is -2.07. The molecule has 144 valence electrons. The number of halogens is 1. The molecule has 0 fully saturated rings. The van der Waals surface area contributed by atoms with Crippen molar-refractivity contribution < 1.29 is 4.79 Å². The van der Waals surface area contributed by atoms with E-state index < -0.39 is 0 Å². The molecule has 0 N–H and O–H groups in total. The number of aryl methyl sites for hydroxylation is 1. The molecule has 1 heterocycles. The van der Waals surface area contributed by atoms with E-state index in [9.17, 15) is 4.79 Å². The summed E-state index contributed by atoms with van der Waals surface area (Å²) in [5, 5.41) is 0.566. The summed E-state index contributed by atoms with van der Waals surface area (Å²) in [6.45, 7) is 1.91. The maximum Gasteiger partial charge on any atom is 0.279 e. The van der Waals surface area contributed by atoms with E-state index in [4.69, 9.17) is 11.6 Å². The van der Waals surface area contributed by atoms with Crippen molar-refractivity contribution in [1.29, 1.82) is 0 Å². The number of benzene rings is 3. The molecule has 0 spiro atoms. The van der Waals surface area contributed by atoms with Gasteiger partial charge in [-0.15, -0.1) is 0 Å². The van der Waals surface area contributed by atoms with Crippen molar-refractivity contribution in [3.05, 3.63) is 99.8 Å². The summed E-state index contributed by atoms with van der Waals surface area (Å²) < 4.78 is 1.98. The lowest BCUT2D eigenvalue weighted by Crippen LogP contribution is -2.14. The number of hydrogen-bond acceptors (Lipinski definition) is 2. The second-order valence-electron chi connectivity index (χ2n) is 6.73. The van der Waals surface area contributed by atoms with Crippen molar-refractivity contribution >= 4 is 28.8 Å². The fraction of sp³-hybridized carbons (Fsp3) is 0.0833. The molecule has 0 radical (unpaired) electrons. The van der Waals surface area contributed by atoms with E-state index in [1.807, 2.05) is 61.0 Å². The van der Waals surface area contributed by atoms with Crippen molar-refractivity contribution in [3.63, 3.8) is 0 Å². The molecule has 1 amide bonds. The molecule has 0 saturated carbocycles. The maximum absolute atomic E-state index is 12.8. The SMILES string of the molecule is Cc1ccc(C(=O)N=c2sc(-c3ccccc3)c(-c3ccccc3)n2C)cc1Cl. The summed E-state index contributed by atoms with van der Waals surface area (Å²) in [7, 11) is 1.94. The minimum atomic E-state index is -0.303. The van der Waals surface area contributed by atoms with Crippen LogP contribution in [-0.2, 0) is 7.05 Å². The Morgan fingerprint density at radius 1 is 0.931 bits per heavy atom. The van der Waals surface area contributed by atoms with Gasteiger partial charge in [-0.1, -0.05) is 89.7 Å². The highest BCUT2D eigenvalue weighted by molar-refractivity contribution is 7.13. The van der Waals surface area contributed by atoms with Crippen LogP contribution in [0.25, 0.3) is 21.7 Å². The first kappa shape index (κ1) is 19.4. The number of nitrogens with zero attached hydrogens (tertiary/aromatic N) is 2. The molecule has 0 atom stereocenters. The molecule has 4 rings (SSSR count). The Labute approximate surface area is 178 Å². The number of carbonyl (C=O) groups excluding carboxylic acids is 1. The standard InChI is InChI=1S/C24H19ClN2OS/c1-16-13-14-19(15-20(16)25)23(28)26-24-27(2)21(17-9-5-3-6-10-17)22(29-24)18-11-7-4-8-12-18/h3-15H,1-2H3. The minimum absolute atomic E-state index is 0.303. The highest BCUT2D eigenvalue weighted by Crippen LogP contribution is 2.34. The summed E-state index contributed by atoms with van der Waals surface area (Å²) in [4.78, 5) is 18.9. The van der Waals surface area contributed by atoms with Gasteiger partial charge >= 0.3 is 0 Å². The monoisotopic (exact) mass is 418 g/mol. The Morgan fingerprint density at radius 2 is 1.55 bits per heavy atom. The number of hydrogen-bond donors (Lipinski definition) is 0. The van der Waals surface area contributed by atoms with Crippen molar-refractivity contribution in [2.45, 2.75) is 6.92 Å². The van der Waals surface area contributed by atoms with Crippen molar-refractivity contribution in [1.82, 2.24) is 4.57 Å². The van der Waals surface area contributed by atoms with Gasteiger partial charge < -0.3 is 4.57 Å². The van der Waals surface area contributed by atoms with Crippen LogP contribution in [0.1, 0.15) is 15.9 Å². The highest BCUT2D eigenvalue weighted by Gasteiger charge is 2.16. The Bertz CT molecular complexity index is 1240. The number of aromatic nitrogens is 1. The van der Waals surface area contributed by atoms with Gasteiger partial charge in [-0.25, -0.2) is 0 Å². The molecule has 3 nitrogen and oxygen atoms in total. The normalized spacial score (nSPS) is 11.6. The summed E-state index contributed by atoms with van der Waals surface area (Å²) in [5.41, 5.74) is 4.63. The number of rotatable bonds is 3. The largest absolute Gasteiger partial charge is 0.319 e. The summed E-state index contributed by atoms with van der Waals surface area (Å²) >= 11 is 7.69. The average molecular weight is 419 g/mol. The van der Waals surface area contributed by atoms with Crippen LogP contribution in [0.3, 0.4) is 0 Å². The van der Waals surface area contributed by atoms with Crippen LogP contribution in [0, 0.1) is 6.92 Å². The Balaban J connectivity index is 1.88. The second-order valence-corrected chi connectivity index (χ2v) is 8.12. The van der Waals surface area contributed by atoms with Gasteiger partial charge in [0.2, 0.25) is 0 Å². The maximum atomic E-state index is 12.8. The van der Waals surface area contributed by atoms with Gasteiger partial charge in [0.1, 0.15) is 0 Å². The molecular weight excluding hydrogens is 400 g/mol.